The summed E-state index contributed by atoms with van der Waals surface area (Å²) in [6.07, 6.45) is 0.0377. The Kier molecular flexibility index (Phi) is 4.63. The first-order chi connectivity index (χ1) is 7.26. The van der Waals surface area contributed by atoms with Gasteiger partial charge in [0.15, 0.2) is 0 Å². The molecule has 81 valence electrons. The summed E-state index contributed by atoms with van der Waals surface area (Å²) < 4.78 is 10.3. The summed E-state index contributed by atoms with van der Waals surface area (Å²) in [5, 5.41) is 2.40. The molecule has 1 aromatic carbocycles. The second kappa shape index (κ2) is 6.03. The highest BCUT2D eigenvalue weighted by Crippen LogP contribution is 2.12. The third kappa shape index (κ3) is 3.99. The molecule has 4 heteroatoms. The molecule has 1 radical (unpaired) electrons. The molecular weight excluding hydrogens is 194 g/mol. The fourth-order valence-corrected chi connectivity index (χ4v) is 1.04. The van der Waals surface area contributed by atoms with Crippen molar-refractivity contribution < 1.29 is 14.3 Å². The first kappa shape index (κ1) is 11.5. The Hall–Kier alpha value is -1.55. The van der Waals surface area contributed by atoms with Gasteiger partial charge < -0.3 is 14.8 Å². The molecule has 1 unspecified atom stereocenters. The third-order valence-corrected chi connectivity index (χ3v) is 1.86. The minimum atomic E-state index is -0.524. The Morgan fingerprint density at radius 3 is 2.67 bits per heavy atom. The van der Waals surface area contributed by atoms with Gasteiger partial charge in [-0.2, -0.15) is 0 Å². The van der Waals surface area contributed by atoms with Crippen LogP contribution in [-0.4, -0.2) is 19.7 Å². The van der Waals surface area contributed by atoms with E-state index in [4.69, 9.17) is 9.47 Å². The normalized spacial score (nSPS) is 11.9. The molecule has 1 N–H and O–H groups in total. The van der Waals surface area contributed by atoms with Gasteiger partial charge in [-0.15, -0.1) is 0 Å². The van der Waals surface area contributed by atoms with Crippen LogP contribution in [-0.2, 0) is 16.1 Å². The van der Waals surface area contributed by atoms with Crippen LogP contribution in [0.4, 0.5) is 0 Å². The molecule has 0 bridgehead atoms. The van der Waals surface area contributed by atoms with Gasteiger partial charge in [-0.05, 0) is 24.6 Å². The van der Waals surface area contributed by atoms with E-state index in [0.717, 1.165) is 11.3 Å². The second-order valence-electron chi connectivity index (χ2n) is 2.93. The van der Waals surface area contributed by atoms with Gasteiger partial charge in [0.1, 0.15) is 12.0 Å². The van der Waals surface area contributed by atoms with Crippen LogP contribution in [0.3, 0.4) is 0 Å². The number of nitrogens with one attached hydrogen (secondary N) is 1. The van der Waals surface area contributed by atoms with Crippen LogP contribution in [0.1, 0.15) is 5.56 Å². The molecule has 0 aromatic heterocycles. The summed E-state index contributed by atoms with van der Waals surface area (Å²) in [7, 11) is 1.62. The maximum Gasteiger partial charge on any atom is 0.209 e. The Morgan fingerprint density at radius 1 is 1.47 bits per heavy atom. The number of hydrogen-bond acceptors (Lipinski definition) is 3. The number of benzene rings is 1. The topological polar surface area (TPSA) is 47.6 Å². The van der Waals surface area contributed by atoms with E-state index in [9.17, 15) is 4.79 Å². The number of amides is 1. The summed E-state index contributed by atoms with van der Waals surface area (Å²) in [6.45, 7) is 3.99. The predicted molar refractivity (Wildman–Crippen MR) is 56.1 cm³/mol. The van der Waals surface area contributed by atoms with Gasteiger partial charge >= 0.3 is 0 Å². The maximum absolute atomic E-state index is 10.1. The van der Waals surface area contributed by atoms with Crippen molar-refractivity contribution in [3.63, 3.8) is 0 Å². The quantitative estimate of drug-likeness (QED) is 0.563. The average molecular weight is 208 g/mol. The van der Waals surface area contributed by atoms with Crippen molar-refractivity contribution in [2.24, 2.45) is 0 Å². The summed E-state index contributed by atoms with van der Waals surface area (Å²) >= 11 is 0. The molecule has 1 atom stereocenters. The zero-order chi connectivity index (χ0) is 11.1. The number of ether oxygens (including phenoxy) is 2. The van der Waals surface area contributed by atoms with Crippen LogP contribution >= 0.6 is 0 Å². The summed E-state index contributed by atoms with van der Waals surface area (Å²) in [4.78, 5) is 10.1. The van der Waals surface area contributed by atoms with Gasteiger partial charge in [0.05, 0.1) is 13.7 Å². The Morgan fingerprint density at radius 2 is 2.13 bits per heavy atom. The lowest BCUT2D eigenvalue weighted by atomic mass is 10.2. The molecule has 1 amide bonds. The van der Waals surface area contributed by atoms with Gasteiger partial charge in [0.2, 0.25) is 6.41 Å². The minimum Gasteiger partial charge on any atom is -0.497 e. The smallest absolute Gasteiger partial charge is 0.209 e. The van der Waals surface area contributed by atoms with Crippen LogP contribution in [0.2, 0.25) is 0 Å². The van der Waals surface area contributed by atoms with Crippen molar-refractivity contribution in [1.82, 2.24) is 5.32 Å². The van der Waals surface area contributed by atoms with Crippen molar-refractivity contribution in [3.05, 3.63) is 36.8 Å². The van der Waals surface area contributed by atoms with Crippen molar-refractivity contribution in [2.45, 2.75) is 12.8 Å². The highest BCUT2D eigenvalue weighted by molar-refractivity contribution is 5.46. The van der Waals surface area contributed by atoms with Gasteiger partial charge in [-0.25, -0.2) is 0 Å². The molecule has 0 aliphatic heterocycles. The van der Waals surface area contributed by atoms with Crippen molar-refractivity contribution in [1.29, 1.82) is 0 Å². The maximum atomic E-state index is 10.1. The Bertz CT molecular complexity index is 297. The minimum absolute atomic E-state index is 0.402. The monoisotopic (exact) mass is 208 g/mol. The Labute approximate surface area is 89.2 Å². The van der Waals surface area contributed by atoms with E-state index >= 15 is 0 Å². The van der Waals surface area contributed by atoms with E-state index in [1.807, 2.05) is 24.3 Å². The molecule has 4 nitrogen and oxygen atoms in total. The lowest BCUT2D eigenvalue weighted by molar-refractivity contribution is -0.112. The molecular formula is C11H14NO3. The van der Waals surface area contributed by atoms with Crippen LogP contribution in [0.15, 0.2) is 24.3 Å². The van der Waals surface area contributed by atoms with Crippen LogP contribution < -0.4 is 10.1 Å². The standard InChI is InChI=1S/C11H14NO3/c1-9(12-8-13)15-7-10-3-5-11(14-2)6-4-10/h3-6,8-9H,1,7H2,2H3,(H,12,13). The summed E-state index contributed by atoms with van der Waals surface area (Å²) in [6, 6.07) is 7.49. The van der Waals surface area contributed by atoms with Gasteiger partial charge in [0, 0.05) is 0 Å². The lowest BCUT2D eigenvalue weighted by Crippen LogP contribution is -2.27. The van der Waals surface area contributed by atoms with Crippen molar-refractivity contribution >= 4 is 6.41 Å². The van der Waals surface area contributed by atoms with Gasteiger partial charge in [-0.3, -0.25) is 4.79 Å². The number of rotatable bonds is 6. The highest BCUT2D eigenvalue weighted by Gasteiger charge is 2.00. The molecule has 0 heterocycles. The van der Waals surface area contributed by atoms with Crippen LogP contribution in [0, 0.1) is 6.92 Å². The van der Waals surface area contributed by atoms with Crippen LogP contribution in [0.25, 0.3) is 0 Å². The highest BCUT2D eigenvalue weighted by atomic mass is 16.5. The van der Waals surface area contributed by atoms with E-state index < -0.39 is 6.23 Å². The van der Waals surface area contributed by atoms with E-state index in [1.54, 1.807) is 7.11 Å². The second-order valence-corrected chi connectivity index (χ2v) is 2.93. The number of methoxy groups -OCH3 is 1. The third-order valence-electron chi connectivity index (χ3n) is 1.86. The van der Waals surface area contributed by atoms with Gasteiger partial charge in [0.25, 0.3) is 0 Å². The largest absolute Gasteiger partial charge is 0.497 e. The molecule has 0 saturated heterocycles. The van der Waals surface area contributed by atoms with Crippen LogP contribution in [0.5, 0.6) is 5.75 Å². The predicted octanol–water partition coefficient (Wildman–Crippen LogP) is 1.12. The molecule has 0 fully saturated rings. The summed E-state index contributed by atoms with van der Waals surface area (Å²) in [5.74, 6) is 0.802. The molecule has 0 aliphatic rings. The van der Waals surface area contributed by atoms with Crippen molar-refractivity contribution in [3.8, 4) is 5.75 Å². The molecule has 0 aliphatic carbocycles. The molecule has 15 heavy (non-hydrogen) atoms. The first-order valence-electron chi connectivity index (χ1n) is 4.53. The summed E-state index contributed by atoms with van der Waals surface area (Å²) in [5.41, 5.74) is 0.997. The van der Waals surface area contributed by atoms with E-state index in [1.165, 1.54) is 0 Å². The zero-order valence-electron chi connectivity index (χ0n) is 8.60. The Balaban J connectivity index is 2.40. The molecule has 1 aromatic rings. The van der Waals surface area contributed by atoms with E-state index in [2.05, 4.69) is 12.2 Å². The average Bonchev–Trinajstić information content (AvgIpc) is 2.27. The molecule has 1 rings (SSSR count). The molecule has 0 spiro atoms. The van der Waals surface area contributed by atoms with Gasteiger partial charge in [-0.1, -0.05) is 12.1 Å². The van der Waals surface area contributed by atoms with E-state index in [0.29, 0.717) is 13.0 Å². The van der Waals surface area contributed by atoms with E-state index in [-0.39, 0.29) is 0 Å². The molecule has 0 saturated carbocycles. The fraction of sp³-hybridized carbons (Fsp3) is 0.273. The lowest BCUT2D eigenvalue weighted by Gasteiger charge is -2.11. The number of hydrogen-bond donors (Lipinski definition) is 1. The first-order valence-corrected chi connectivity index (χ1v) is 4.53. The zero-order valence-corrected chi connectivity index (χ0v) is 8.60. The number of carbonyl (C=O) groups excluding carboxylic acids is 1. The van der Waals surface area contributed by atoms with Crippen molar-refractivity contribution in [2.75, 3.05) is 7.11 Å². The number of carbonyl (C=O) groups is 1. The fourth-order valence-electron chi connectivity index (χ4n) is 1.04. The SMILES string of the molecule is [CH2]C(NC=O)OCc1ccc(OC)cc1.